The van der Waals surface area contributed by atoms with E-state index in [4.69, 9.17) is 4.74 Å². The number of rotatable bonds is 4. The molecule has 2 rings (SSSR count). The number of anilines is 1. The molecule has 0 saturated carbocycles. The first-order chi connectivity index (χ1) is 9.56. The van der Waals surface area contributed by atoms with Gasteiger partial charge in [0.05, 0.1) is 6.10 Å². The molecule has 2 N–H and O–H groups in total. The normalized spacial score (nSPS) is 22.0. The molecule has 0 aromatic carbocycles. The van der Waals surface area contributed by atoms with E-state index in [1.165, 1.54) is 0 Å². The van der Waals surface area contributed by atoms with Crippen molar-refractivity contribution < 1.29 is 9.53 Å². The molecule has 1 aromatic rings. The molecule has 1 aliphatic rings. The van der Waals surface area contributed by atoms with Gasteiger partial charge < -0.3 is 10.1 Å². The number of hydrogen-bond acceptors (Lipinski definition) is 3. The second-order valence-corrected chi connectivity index (χ2v) is 5.63. The number of ether oxygens (including phenoxy) is 1. The maximum Gasteiger partial charge on any atom is 0.320 e. The van der Waals surface area contributed by atoms with E-state index < -0.39 is 0 Å². The van der Waals surface area contributed by atoms with Gasteiger partial charge in [-0.3, -0.25) is 5.32 Å². The molecular weight excluding hydrogens is 254 g/mol. The molecule has 5 heteroatoms. The van der Waals surface area contributed by atoms with Gasteiger partial charge >= 0.3 is 6.03 Å². The monoisotopic (exact) mass is 277 g/mol. The molecule has 5 nitrogen and oxygen atoms in total. The number of aromatic nitrogens is 1. The number of nitrogens with one attached hydrogen (secondary N) is 2. The van der Waals surface area contributed by atoms with Crippen molar-refractivity contribution in [3.05, 3.63) is 23.9 Å². The topological polar surface area (TPSA) is 63.2 Å². The van der Waals surface area contributed by atoms with Gasteiger partial charge in [0.15, 0.2) is 0 Å². The molecule has 2 unspecified atom stereocenters. The smallest absolute Gasteiger partial charge is 0.320 e. The van der Waals surface area contributed by atoms with E-state index in [0.29, 0.717) is 24.2 Å². The minimum absolute atomic E-state index is 0.211. The van der Waals surface area contributed by atoms with Crippen LogP contribution in [-0.4, -0.2) is 30.3 Å². The fourth-order valence-corrected chi connectivity index (χ4v) is 2.61. The van der Waals surface area contributed by atoms with Crippen LogP contribution >= 0.6 is 0 Å². The lowest BCUT2D eigenvalue weighted by Crippen LogP contribution is -2.37. The number of carbonyl (C=O) groups excluding carboxylic acids is 1. The molecular formula is C15H23N3O2. The summed E-state index contributed by atoms with van der Waals surface area (Å²) in [6.45, 7) is 7.63. The van der Waals surface area contributed by atoms with E-state index >= 15 is 0 Å². The highest BCUT2D eigenvalue weighted by atomic mass is 16.5. The second-order valence-electron chi connectivity index (χ2n) is 5.63. The lowest BCUT2D eigenvalue weighted by atomic mass is 9.93. The Bertz CT molecular complexity index is 462. The first kappa shape index (κ1) is 14.8. The minimum Gasteiger partial charge on any atom is -0.378 e. The number of carbonyl (C=O) groups is 1. The van der Waals surface area contributed by atoms with Crippen LogP contribution in [0.2, 0.25) is 0 Å². The predicted molar refractivity (Wildman–Crippen MR) is 78.7 cm³/mol. The third-order valence-corrected chi connectivity index (χ3v) is 3.58. The summed E-state index contributed by atoms with van der Waals surface area (Å²) in [5.74, 6) is 1.45. The SMILES string of the molecule is Cc1cccc(NC(=O)NCC2CCOC2C(C)C)n1. The van der Waals surface area contributed by atoms with Crippen LogP contribution in [0, 0.1) is 18.8 Å². The molecule has 2 atom stereocenters. The van der Waals surface area contributed by atoms with E-state index in [9.17, 15) is 4.79 Å². The Labute approximate surface area is 120 Å². The number of amides is 2. The highest BCUT2D eigenvalue weighted by molar-refractivity contribution is 5.88. The number of urea groups is 1. The van der Waals surface area contributed by atoms with Crippen molar-refractivity contribution in [3.8, 4) is 0 Å². The summed E-state index contributed by atoms with van der Waals surface area (Å²) in [6.07, 6.45) is 1.25. The van der Waals surface area contributed by atoms with E-state index in [-0.39, 0.29) is 12.1 Å². The standard InChI is InChI=1S/C15H23N3O2/c1-10(2)14-12(7-8-20-14)9-16-15(19)18-13-6-4-5-11(3)17-13/h4-6,10,12,14H,7-9H2,1-3H3,(H2,16,17,18,19). The summed E-state index contributed by atoms with van der Waals surface area (Å²) in [4.78, 5) is 16.1. The highest BCUT2D eigenvalue weighted by Crippen LogP contribution is 2.26. The lowest BCUT2D eigenvalue weighted by Gasteiger charge is -2.22. The minimum atomic E-state index is -0.211. The number of nitrogens with zero attached hydrogens (tertiary/aromatic N) is 1. The summed E-state index contributed by atoms with van der Waals surface area (Å²) in [6, 6.07) is 5.34. The fourth-order valence-electron chi connectivity index (χ4n) is 2.61. The largest absolute Gasteiger partial charge is 0.378 e. The van der Waals surface area contributed by atoms with Crippen LogP contribution in [0.5, 0.6) is 0 Å². The summed E-state index contributed by atoms with van der Waals surface area (Å²) in [7, 11) is 0. The first-order valence-corrected chi connectivity index (χ1v) is 7.16. The van der Waals surface area contributed by atoms with Gasteiger partial charge in [0.2, 0.25) is 0 Å². The predicted octanol–water partition coefficient (Wildman–Crippen LogP) is 2.57. The summed E-state index contributed by atoms with van der Waals surface area (Å²) < 4.78 is 5.71. The lowest BCUT2D eigenvalue weighted by molar-refractivity contribution is 0.0546. The first-order valence-electron chi connectivity index (χ1n) is 7.16. The average molecular weight is 277 g/mol. The van der Waals surface area contributed by atoms with Crippen LogP contribution in [0.3, 0.4) is 0 Å². The van der Waals surface area contributed by atoms with E-state index in [1.54, 1.807) is 6.07 Å². The van der Waals surface area contributed by atoms with Crippen molar-refractivity contribution in [2.45, 2.75) is 33.3 Å². The molecule has 20 heavy (non-hydrogen) atoms. The third kappa shape index (κ3) is 3.93. The van der Waals surface area contributed by atoms with Crippen molar-refractivity contribution >= 4 is 11.8 Å². The summed E-state index contributed by atoms with van der Waals surface area (Å²) in [5, 5.41) is 5.66. The Morgan fingerprint density at radius 1 is 1.50 bits per heavy atom. The van der Waals surface area contributed by atoms with Crippen molar-refractivity contribution in [1.82, 2.24) is 10.3 Å². The number of pyridine rings is 1. The van der Waals surface area contributed by atoms with Crippen molar-refractivity contribution in [2.75, 3.05) is 18.5 Å². The zero-order valence-electron chi connectivity index (χ0n) is 12.3. The van der Waals surface area contributed by atoms with Crippen LogP contribution in [-0.2, 0) is 4.74 Å². The van der Waals surface area contributed by atoms with Gasteiger partial charge in [-0.05, 0) is 31.4 Å². The van der Waals surface area contributed by atoms with Crippen molar-refractivity contribution in [2.24, 2.45) is 11.8 Å². The third-order valence-electron chi connectivity index (χ3n) is 3.58. The van der Waals surface area contributed by atoms with Gasteiger partial charge in [-0.15, -0.1) is 0 Å². The van der Waals surface area contributed by atoms with Crippen LogP contribution in [0.4, 0.5) is 10.6 Å². The molecule has 110 valence electrons. The molecule has 0 aliphatic carbocycles. The van der Waals surface area contributed by atoms with Crippen LogP contribution in [0.15, 0.2) is 18.2 Å². The van der Waals surface area contributed by atoms with Gasteiger partial charge in [-0.1, -0.05) is 19.9 Å². The molecule has 2 heterocycles. The maximum atomic E-state index is 11.9. The molecule has 1 aliphatic heterocycles. The molecule has 0 spiro atoms. The van der Waals surface area contributed by atoms with Gasteiger partial charge in [0, 0.05) is 24.8 Å². The Morgan fingerprint density at radius 3 is 3.00 bits per heavy atom. The molecule has 0 radical (unpaired) electrons. The quantitative estimate of drug-likeness (QED) is 0.889. The molecule has 1 saturated heterocycles. The summed E-state index contributed by atoms with van der Waals surface area (Å²) in [5.41, 5.74) is 0.881. The molecule has 2 amide bonds. The van der Waals surface area contributed by atoms with E-state index in [1.807, 2.05) is 19.1 Å². The van der Waals surface area contributed by atoms with Crippen LogP contribution in [0.25, 0.3) is 0 Å². The van der Waals surface area contributed by atoms with Crippen molar-refractivity contribution in [3.63, 3.8) is 0 Å². The van der Waals surface area contributed by atoms with Gasteiger partial charge in [-0.25, -0.2) is 9.78 Å². The van der Waals surface area contributed by atoms with Gasteiger partial charge in [-0.2, -0.15) is 0 Å². The second kappa shape index (κ2) is 6.70. The molecule has 1 fully saturated rings. The zero-order chi connectivity index (χ0) is 14.5. The highest BCUT2D eigenvalue weighted by Gasteiger charge is 2.30. The molecule has 1 aromatic heterocycles. The number of hydrogen-bond donors (Lipinski definition) is 2. The van der Waals surface area contributed by atoms with E-state index in [2.05, 4.69) is 29.5 Å². The zero-order valence-corrected chi connectivity index (χ0v) is 12.3. The van der Waals surface area contributed by atoms with Crippen LogP contribution < -0.4 is 10.6 Å². The van der Waals surface area contributed by atoms with Crippen molar-refractivity contribution in [1.29, 1.82) is 0 Å². The Kier molecular flexibility index (Phi) is 4.95. The number of aryl methyl sites for hydroxylation is 1. The average Bonchev–Trinajstić information content (AvgIpc) is 2.85. The molecule has 0 bridgehead atoms. The Balaban J connectivity index is 1.80. The Morgan fingerprint density at radius 2 is 2.30 bits per heavy atom. The van der Waals surface area contributed by atoms with Crippen LogP contribution in [0.1, 0.15) is 26.0 Å². The van der Waals surface area contributed by atoms with Gasteiger partial charge in [0.25, 0.3) is 0 Å². The fraction of sp³-hybridized carbons (Fsp3) is 0.600. The maximum absolute atomic E-state index is 11.9. The Hall–Kier alpha value is -1.62. The van der Waals surface area contributed by atoms with Gasteiger partial charge in [0.1, 0.15) is 5.82 Å². The van der Waals surface area contributed by atoms with E-state index in [0.717, 1.165) is 18.7 Å². The summed E-state index contributed by atoms with van der Waals surface area (Å²) >= 11 is 0.